The molecule has 0 radical (unpaired) electrons. The molecule has 1 atom stereocenters. The van der Waals surface area contributed by atoms with Gasteiger partial charge in [-0.1, -0.05) is 15.9 Å². The monoisotopic (exact) mass is 360 g/mol. The van der Waals surface area contributed by atoms with Gasteiger partial charge in [0, 0.05) is 17.7 Å². The van der Waals surface area contributed by atoms with Crippen LogP contribution in [0.3, 0.4) is 0 Å². The lowest BCUT2D eigenvalue weighted by Crippen LogP contribution is -2.01. The van der Waals surface area contributed by atoms with E-state index in [1.807, 2.05) is 0 Å². The first-order valence-electron chi connectivity index (χ1n) is 5.97. The van der Waals surface area contributed by atoms with E-state index in [1.54, 1.807) is 18.2 Å². The maximum atomic E-state index is 13.8. The lowest BCUT2D eigenvalue weighted by molar-refractivity contribution is 0.393. The Kier molecular flexibility index (Phi) is 4.77. The van der Waals surface area contributed by atoms with Gasteiger partial charge in [0.25, 0.3) is 0 Å². The van der Waals surface area contributed by atoms with Crippen LogP contribution in [-0.4, -0.2) is 14.2 Å². The van der Waals surface area contributed by atoms with Crippen molar-refractivity contribution in [3.8, 4) is 11.5 Å². The lowest BCUT2D eigenvalue weighted by Gasteiger charge is -2.15. The molecule has 112 valence electrons. The Hall–Kier alpha value is -1.69. The second-order valence-corrected chi connectivity index (χ2v) is 5.21. The molecule has 2 aromatic carbocycles. The van der Waals surface area contributed by atoms with Crippen LogP contribution in [0.2, 0.25) is 0 Å². The average Bonchev–Trinajstić information content (AvgIpc) is 2.49. The highest BCUT2D eigenvalue weighted by atomic mass is 79.9. The lowest BCUT2D eigenvalue weighted by atomic mass is 10.0. The summed E-state index contributed by atoms with van der Waals surface area (Å²) in [4.78, 5) is -0.670. The van der Waals surface area contributed by atoms with E-state index in [-0.39, 0.29) is 5.56 Å². The Morgan fingerprint density at radius 1 is 0.810 bits per heavy atom. The Labute approximate surface area is 128 Å². The van der Waals surface area contributed by atoms with Gasteiger partial charge in [-0.2, -0.15) is 0 Å². The number of hydrogen-bond acceptors (Lipinski definition) is 2. The summed E-state index contributed by atoms with van der Waals surface area (Å²) in [6.07, 6.45) is 0. The van der Waals surface area contributed by atoms with Gasteiger partial charge < -0.3 is 9.47 Å². The van der Waals surface area contributed by atoms with Crippen LogP contribution in [0.1, 0.15) is 16.0 Å². The average molecular weight is 361 g/mol. The van der Waals surface area contributed by atoms with Gasteiger partial charge >= 0.3 is 0 Å². The van der Waals surface area contributed by atoms with Crippen molar-refractivity contribution in [2.24, 2.45) is 0 Å². The van der Waals surface area contributed by atoms with Crippen molar-refractivity contribution in [1.82, 2.24) is 0 Å². The molecule has 1 unspecified atom stereocenters. The molecule has 2 nitrogen and oxygen atoms in total. The summed E-state index contributed by atoms with van der Waals surface area (Å²) in [7, 11) is 2.97. The number of rotatable bonds is 4. The second-order valence-electron chi connectivity index (χ2n) is 4.30. The van der Waals surface area contributed by atoms with E-state index in [0.717, 1.165) is 6.07 Å². The van der Waals surface area contributed by atoms with Crippen LogP contribution in [0, 0.1) is 17.5 Å². The molecule has 21 heavy (non-hydrogen) atoms. The maximum absolute atomic E-state index is 13.8. The number of benzene rings is 2. The van der Waals surface area contributed by atoms with Crippen molar-refractivity contribution in [3.05, 3.63) is 58.9 Å². The van der Waals surface area contributed by atoms with E-state index in [2.05, 4.69) is 15.9 Å². The van der Waals surface area contributed by atoms with Crippen molar-refractivity contribution in [2.45, 2.75) is 4.83 Å². The van der Waals surface area contributed by atoms with E-state index >= 15 is 0 Å². The number of halogens is 4. The molecular weight excluding hydrogens is 349 g/mol. The SMILES string of the molecule is COc1cc(OC)cc(C(Br)c2cc(F)c(F)cc2F)c1. The van der Waals surface area contributed by atoms with E-state index in [1.165, 1.54) is 14.2 Å². The minimum atomic E-state index is -1.22. The van der Waals surface area contributed by atoms with Gasteiger partial charge in [0.1, 0.15) is 17.3 Å². The molecule has 0 heterocycles. The molecule has 0 aliphatic carbocycles. The van der Waals surface area contributed by atoms with Gasteiger partial charge in [-0.25, -0.2) is 13.2 Å². The van der Waals surface area contributed by atoms with Crippen LogP contribution < -0.4 is 9.47 Å². The summed E-state index contributed by atoms with van der Waals surface area (Å²) in [6, 6.07) is 6.32. The van der Waals surface area contributed by atoms with Gasteiger partial charge in [0.05, 0.1) is 19.0 Å². The third-order valence-electron chi connectivity index (χ3n) is 2.98. The predicted molar refractivity (Wildman–Crippen MR) is 76.6 cm³/mol. The third-order valence-corrected chi connectivity index (χ3v) is 4.00. The topological polar surface area (TPSA) is 18.5 Å². The van der Waals surface area contributed by atoms with E-state index in [0.29, 0.717) is 23.1 Å². The quantitative estimate of drug-likeness (QED) is 0.585. The third kappa shape index (κ3) is 3.32. The zero-order valence-electron chi connectivity index (χ0n) is 11.3. The molecule has 0 aromatic heterocycles. The molecule has 2 rings (SSSR count). The highest BCUT2D eigenvalue weighted by molar-refractivity contribution is 9.09. The molecule has 0 N–H and O–H groups in total. The van der Waals surface area contributed by atoms with Crippen LogP contribution in [0.25, 0.3) is 0 Å². The minimum Gasteiger partial charge on any atom is -0.497 e. The molecule has 0 spiro atoms. The standard InChI is InChI=1S/C15H12BrF3O2/c1-20-9-3-8(4-10(5-9)21-2)15(16)11-6-13(18)14(19)7-12(11)17/h3-7,15H,1-2H3. The van der Waals surface area contributed by atoms with Crippen LogP contribution in [0.5, 0.6) is 11.5 Å². The Bertz CT molecular complexity index is 639. The molecule has 0 aliphatic heterocycles. The number of hydrogen-bond donors (Lipinski definition) is 0. The highest BCUT2D eigenvalue weighted by Crippen LogP contribution is 2.37. The molecule has 6 heteroatoms. The van der Waals surface area contributed by atoms with Gasteiger partial charge in [-0.05, 0) is 23.8 Å². The summed E-state index contributed by atoms with van der Waals surface area (Å²) < 4.78 is 50.4. The predicted octanol–water partition coefficient (Wildman–Crippen LogP) is 4.61. The van der Waals surface area contributed by atoms with Crippen molar-refractivity contribution < 1.29 is 22.6 Å². The van der Waals surface area contributed by atoms with Crippen molar-refractivity contribution in [2.75, 3.05) is 14.2 Å². The molecule has 0 aliphatic rings. The Morgan fingerprint density at radius 2 is 1.33 bits per heavy atom. The minimum absolute atomic E-state index is 0.00999. The largest absolute Gasteiger partial charge is 0.497 e. The zero-order chi connectivity index (χ0) is 15.6. The van der Waals surface area contributed by atoms with Gasteiger partial charge in [0.15, 0.2) is 11.6 Å². The summed E-state index contributed by atoms with van der Waals surface area (Å²) in [5.41, 5.74) is 0.584. The molecule has 0 saturated carbocycles. The number of ether oxygens (including phenoxy) is 2. The van der Waals surface area contributed by atoms with Gasteiger partial charge in [-0.15, -0.1) is 0 Å². The van der Waals surface area contributed by atoms with Crippen molar-refractivity contribution in [1.29, 1.82) is 0 Å². The Balaban J connectivity index is 2.49. The smallest absolute Gasteiger partial charge is 0.161 e. The second kappa shape index (κ2) is 6.39. The molecule has 0 fully saturated rings. The van der Waals surface area contributed by atoms with Crippen LogP contribution >= 0.6 is 15.9 Å². The fourth-order valence-electron chi connectivity index (χ4n) is 1.89. The normalized spacial score (nSPS) is 12.1. The zero-order valence-corrected chi connectivity index (χ0v) is 12.9. The van der Waals surface area contributed by atoms with Crippen LogP contribution in [-0.2, 0) is 0 Å². The highest BCUT2D eigenvalue weighted by Gasteiger charge is 2.19. The molecule has 0 saturated heterocycles. The maximum Gasteiger partial charge on any atom is 0.161 e. The summed E-state index contributed by atoms with van der Waals surface area (Å²) in [6.45, 7) is 0. The summed E-state index contributed by atoms with van der Waals surface area (Å²) in [5.74, 6) is -2.14. The van der Waals surface area contributed by atoms with Crippen LogP contribution in [0.15, 0.2) is 30.3 Å². The van der Waals surface area contributed by atoms with Crippen molar-refractivity contribution in [3.63, 3.8) is 0 Å². The number of alkyl halides is 1. The Morgan fingerprint density at radius 3 is 1.86 bits per heavy atom. The first-order valence-corrected chi connectivity index (χ1v) is 6.89. The fourth-order valence-corrected chi connectivity index (χ4v) is 2.50. The van der Waals surface area contributed by atoms with Crippen LogP contribution in [0.4, 0.5) is 13.2 Å². The fraction of sp³-hybridized carbons (Fsp3) is 0.200. The molecule has 2 aromatic rings. The van der Waals surface area contributed by atoms with E-state index < -0.39 is 22.3 Å². The number of methoxy groups -OCH3 is 2. The first kappa shape index (κ1) is 15.7. The van der Waals surface area contributed by atoms with E-state index in [4.69, 9.17) is 9.47 Å². The summed E-state index contributed by atoms with van der Waals surface area (Å²) in [5, 5.41) is 0. The summed E-state index contributed by atoms with van der Waals surface area (Å²) >= 11 is 3.29. The van der Waals surface area contributed by atoms with Crippen molar-refractivity contribution >= 4 is 15.9 Å². The van der Waals surface area contributed by atoms with E-state index in [9.17, 15) is 13.2 Å². The molecular formula is C15H12BrF3O2. The molecule has 0 bridgehead atoms. The van der Waals surface area contributed by atoms with Gasteiger partial charge in [0.2, 0.25) is 0 Å². The molecule has 0 amide bonds. The van der Waals surface area contributed by atoms with Gasteiger partial charge in [-0.3, -0.25) is 0 Å². The first-order chi connectivity index (χ1) is 9.96.